The fourth-order valence-electron chi connectivity index (χ4n) is 3.28. The first-order valence-corrected chi connectivity index (χ1v) is 10.1. The number of nitrogens with zero attached hydrogens (tertiary/aromatic N) is 4. The van der Waals surface area contributed by atoms with Gasteiger partial charge in [-0.05, 0) is 30.7 Å². The van der Waals surface area contributed by atoms with Crippen molar-refractivity contribution in [1.29, 1.82) is 0 Å². The third-order valence-electron chi connectivity index (χ3n) is 4.87. The van der Waals surface area contributed by atoms with Crippen molar-refractivity contribution >= 4 is 17.6 Å². The topological polar surface area (TPSA) is 66.7 Å². The number of hydrogen-bond acceptors (Lipinski definition) is 4. The molecular weight excluding hydrogens is 376 g/mol. The Morgan fingerprint density at radius 1 is 1.21 bits per heavy atom. The number of ether oxygens (including phenoxy) is 1. The van der Waals surface area contributed by atoms with Gasteiger partial charge in [0.05, 0.1) is 31.5 Å². The first kappa shape index (κ1) is 20.6. The van der Waals surface area contributed by atoms with E-state index >= 15 is 0 Å². The quantitative estimate of drug-likeness (QED) is 0.547. The van der Waals surface area contributed by atoms with E-state index < -0.39 is 0 Å². The van der Waals surface area contributed by atoms with Crippen molar-refractivity contribution in [3.05, 3.63) is 52.8 Å². The minimum Gasteiger partial charge on any atom is -0.379 e. The second-order valence-electron chi connectivity index (χ2n) is 6.74. The molecule has 1 atom stereocenters. The summed E-state index contributed by atoms with van der Waals surface area (Å²) in [6.45, 7) is 7.56. The van der Waals surface area contributed by atoms with E-state index in [0.29, 0.717) is 6.54 Å². The highest BCUT2D eigenvalue weighted by Crippen LogP contribution is 2.23. The fourth-order valence-corrected chi connectivity index (χ4v) is 3.41. The largest absolute Gasteiger partial charge is 0.379 e. The summed E-state index contributed by atoms with van der Waals surface area (Å²) in [6.07, 6.45) is 1.79. The van der Waals surface area contributed by atoms with Gasteiger partial charge in [0.2, 0.25) is 0 Å². The van der Waals surface area contributed by atoms with Crippen molar-refractivity contribution in [3.63, 3.8) is 0 Å². The molecule has 1 saturated heterocycles. The van der Waals surface area contributed by atoms with Crippen molar-refractivity contribution in [2.75, 3.05) is 39.4 Å². The highest BCUT2D eigenvalue weighted by atomic mass is 35.5. The van der Waals surface area contributed by atoms with Gasteiger partial charge in [0.25, 0.3) is 0 Å². The molecule has 0 amide bonds. The van der Waals surface area contributed by atoms with Gasteiger partial charge in [0.1, 0.15) is 0 Å². The second-order valence-corrected chi connectivity index (χ2v) is 7.17. The van der Waals surface area contributed by atoms with Crippen LogP contribution in [-0.4, -0.2) is 60.0 Å². The molecule has 2 aromatic rings. The van der Waals surface area contributed by atoms with Gasteiger partial charge < -0.3 is 15.4 Å². The Balaban J connectivity index is 1.70. The second kappa shape index (κ2) is 10.5. The molecule has 2 heterocycles. The minimum absolute atomic E-state index is 0.224. The molecule has 1 aromatic carbocycles. The standard InChI is InChI=1S/C20H29ClN6O/c1-3-22-20(23-14-18-8-9-25-26(18)2)24-15-19(27-10-12-28-13-11-27)16-4-6-17(21)7-5-16/h4-9,19H,3,10-15H2,1-2H3,(H2,22,23,24). The van der Waals surface area contributed by atoms with Crippen LogP contribution in [0.25, 0.3) is 0 Å². The van der Waals surface area contributed by atoms with Crippen molar-refractivity contribution in [3.8, 4) is 0 Å². The first-order valence-electron chi connectivity index (χ1n) is 9.73. The maximum Gasteiger partial charge on any atom is 0.191 e. The molecule has 28 heavy (non-hydrogen) atoms. The van der Waals surface area contributed by atoms with Crippen LogP contribution >= 0.6 is 11.6 Å². The highest BCUT2D eigenvalue weighted by molar-refractivity contribution is 6.30. The maximum atomic E-state index is 6.09. The Labute approximate surface area is 171 Å². The lowest BCUT2D eigenvalue weighted by atomic mass is 10.0. The molecule has 1 unspecified atom stereocenters. The number of hydrogen-bond donors (Lipinski definition) is 2. The van der Waals surface area contributed by atoms with E-state index in [0.717, 1.165) is 56.1 Å². The number of guanidine groups is 1. The molecule has 152 valence electrons. The molecule has 2 N–H and O–H groups in total. The molecule has 1 aliphatic heterocycles. The van der Waals surface area contributed by atoms with E-state index in [1.54, 1.807) is 6.20 Å². The average Bonchev–Trinajstić information content (AvgIpc) is 3.13. The van der Waals surface area contributed by atoms with Gasteiger partial charge in [-0.15, -0.1) is 0 Å². The molecule has 0 radical (unpaired) electrons. The smallest absolute Gasteiger partial charge is 0.191 e. The summed E-state index contributed by atoms with van der Waals surface area (Å²) >= 11 is 6.09. The summed E-state index contributed by atoms with van der Waals surface area (Å²) in [4.78, 5) is 7.16. The lowest BCUT2D eigenvalue weighted by molar-refractivity contribution is 0.0170. The zero-order valence-electron chi connectivity index (χ0n) is 16.6. The van der Waals surface area contributed by atoms with E-state index in [9.17, 15) is 0 Å². The zero-order chi connectivity index (χ0) is 19.8. The molecule has 1 aliphatic rings. The van der Waals surface area contributed by atoms with Gasteiger partial charge >= 0.3 is 0 Å². The van der Waals surface area contributed by atoms with Crippen LogP contribution in [0.3, 0.4) is 0 Å². The van der Waals surface area contributed by atoms with Crippen LogP contribution in [-0.2, 0) is 18.3 Å². The predicted octanol–water partition coefficient (Wildman–Crippen LogP) is 2.20. The summed E-state index contributed by atoms with van der Waals surface area (Å²) in [5, 5.41) is 11.8. The van der Waals surface area contributed by atoms with Crippen molar-refractivity contribution in [1.82, 2.24) is 25.3 Å². The van der Waals surface area contributed by atoms with Gasteiger partial charge in [-0.2, -0.15) is 5.10 Å². The number of rotatable bonds is 7. The van der Waals surface area contributed by atoms with E-state index in [-0.39, 0.29) is 6.04 Å². The Morgan fingerprint density at radius 3 is 2.61 bits per heavy atom. The lowest BCUT2D eigenvalue weighted by Crippen LogP contribution is -2.46. The zero-order valence-corrected chi connectivity index (χ0v) is 17.3. The summed E-state index contributed by atoms with van der Waals surface area (Å²) in [7, 11) is 1.93. The molecule has 7 nitrogen and oxygen atoms in total. The predicted molar refractivity (Wildman–Crippen MR) is 113 cm³/mol. The number of aliphatic imine (C=N–C) groups is 1. The molecule has 0 spiro atoms. The third-order valence-corrected chi connectivity index (χ3v) is 5.12. The molecule has 0 bridgehead atoms. The van der Waals surface area contributed by atoms with Gasteiger partial charge in [0.15, 0.2) is 5.96 Å². The monoisotopic (exact) mass is 404 g/mol. The number of aromatic nitrogens is 2. The van der Waals surface area contributed by atoms with Gasteiger partial charge in [0, 0.05) is 44.4 Å². The Hall–Kier alpha value is -2.09. The van der Waals surface area contributed by atoms with Crippen LogP contribution in [0.4, 0.5) is 0 Å². The normalized spacial score (nSPS) is 16.8. The molecule has 1 aromatic heterocycles. The molecule has 0 aliphatic carbocycles. The Morgan fingerprint density at radius 2 is 1.96 bits per heavy atom. The van der Waals surface area contributed by atoms with Gasteiger partial charge in [-0.1, -0.05) is 23.7 Å². The summed E-state index contributed by atoms with van der Waals surface area (Å²) in [5.74, 6) is 0.802. The molecule has 3 rings (SSSR count). The van der Waals surface area contributed by atoms with Crippen molar-refractivity contribution in [2.45, 2.75) is 19.5 Å². The molecule has 8 heteroatoms. The highest BCUT2D eigenvalue weighted by Gasteiger charge is 2.23. The number of aryl methyl sites for hydroxylation is 1. The van der Waals surface area contributed by atoms with E-state index in [4.69, 9.17) is 21.3 Å². The lowest BCUT2D eigenvalue weighted by Gasteiger charge is -2.35. The third kappa shape index (κ3) is 5.70. The van der Waals surface area contributed by atoms with Crippen LogP contribution < -0.4 is 10.6 Å². The van der Waals surface area contributed by atoms with E-state index in [1.165, 1.54) is 5.56 Å². The first-order chi connectivity index (χ1) is 13.7. The van der Waals surface area contributed by atoms with Crippen LogP contribution in [0.1, 0.15) is 24.2 Å². The van der Waals surface area contributed by atoms with Crippen LogP contribution in [0.2, 0.25) is 5.02 Å². The van der Waals surface area contributed by atoms with Crippen molar-refractivity contribution in [2.24, 2.45) is 12.0 Å². The summed E-state index contributed by atoms with van der Waals surface area (Å²) in [6, 6.07) is 10.3. The minimum atomic E-state index is 0.224. The average molecular weight is 405 g/mol. The summed E-state index contributed by atoms with van der Waals surface area (Å²) < 4.78 is 7.38. The van der Waals surface area contributed by atoms with Crippen LogP contribution in [0.5, 0.6) is 0 Å². The number of benzene rings is 1. The van der Waals surface area contributed by atoms with Gasteiger partial charge in [-0.3, -0.25) is 9.58 Å². The molecule has 1 fully saturated rings. The summed E-state index contributed by atoms with van der Waals surface area (Å²) in [5.41, 5.74) is 2.31. The Bertz CT molecular complexity index is 754. The Kier molecular flexibility index (Phi) is 7.71. The number of halogens is 1. The number of morpholine rings is 1. The molecule has 0 saturated carbocycles. The SMILES string of the molecule is CCNC(=NCc1ccnn1C)NCC(c1ccc(Cl)cc1)N1CCOCC1. The molecular formula is C20H29ClN6O. The van der Waals surface area contributed by atoms with E-state index in [2.05, 4.69) is 39.7 Å². The van der Waals surface area contributed by atoms with Gasteiger partial charge in [-0.25, -0.2) is 4.99 Å². The van der Waals surface area contributed by atoms with Crippen molar-refractivity contribution < 1.29 is 4.74 Å². The maximum absolute atomic E-state index is 6.09. The van der Waals surface area contributed by atoms with Crippen LogP contribution in [0.15, 0.2) is 41.5 Å². The number of nitrogens with one attached hydrogen (secondary N) is 2. The fraction of sp³-hybridized carbons (Fsp3) is 0.500. The van der Waals surface area contributed by atoms with Crippen LogP contribution in [0, 0.1) is 0 Å². The van der Waals surface area contributed by atoms with E-state index in [1.807, 2.05) is 29.9 Å².